The highest BCUT2D eigenvalue weighted by atomic mass is 15.1. The van der Waals surface area contributed by atoms with E-state index in [2.05, 4.69) is 43.3 Å². The molecule has 2 aliphatic rings. The largest absolute Gasteiger partial charge is 0.378 e. The lowest BCUT2D eigenvalue weighted by molar-refractivity contribution is -0.0384. The molecular weight excluding hydrogens is 220 g/mol. The minimum Gasteiger partial charge on any atom is -0.378 e. The van der Waals surface area contributed by atoms with Crippen LogP contribution in [0.2, 0.25) is 0 Å². The van der Waals surface area contributed by atoms with Crippen LogP contribution in [0.4, 0.5) is 5.69 Å². The van der Waals surface area contributed by atoms with Gasteiger partial charge >= 0.3 is 0 Å². The molecule has 2 aliphatic carbocycles. The summed E-state index contributed by atoms with van der Waals surface area (Å²) in [6, 6.07) is 9.52. The first-order valence-electron chi connectivity index (χ1n) is 7.08. The maximum Gasteiger partial charge on any atom is 0.0361 e. The van der Waals surface area contributed by atoms with Crippen molar-refractivity contribution >= 4 is 5.69 Å². The van der Waals surface area contributed by atoms with E-state index in [1.54, 1.807) is 0 Å². The van der Waals surface area contributed by atoms with E-state index in [0.29, 0.717) is 11.5 Å². The second-order valence-electron chi connectivity index (χ2n) is 6.71. The van der Waals surface area contributed by atoms with E-state index in [1.807, 2.05) is 0 Å². The van der Waals surface area contributed by atoms with E-state index in [4.69, 9.17) is 5.73 Å². The first-order valence-corrected chi connectivity index (χ1v) is 7.08. The molecule has 2 fully saturated rings. The van der Waals surface area contributed by atoms with E-state index in [9.17, 15) is 0 Å². The highest BCUT2D eigenvalue weighted by molar-refractivity contribution is 5.46. The van der Waals surface area contributed by atoms with Gasteiger partial charge in [0, 0.05) is 25.8 Å². The third kappa shape index (κ3) is 2.14. The van der Waals surface area contributed by atoms with E-state index in [1.165, 1.54) is 43.4 Å². The number of benzene rings is 1. The summed E-state index contributed by atoms with van der Waals surface area (Å²) in [4.78, 5) is 2.15. The van der Waals surface area contributed by atoms with Gasteiger partial charge in [0.05, 0.1) is 0 Å². The SMILES string of the molecule is CN(C)c1ccc(CC2CC3(CC(N)C3)C2)cc1. The van der Waals surface area contributed by atoms with Crippen LogP contribution in [0.5, 0.6) is 0 Å². The first kappa shape index (κ1) is 12.0. The maximum atomic E-state index is 5.90. The molecule has 2 nitrogen and oxygen atoms in total. The topological polar surface area (TPSA) is 29.3 Å². The molecule has 1 aromatic carbocycles. The fourth-order valence-electron chi connectivity index (χ4n) is 3.96. The number of hydrogen-bond acceptors (Lipinski definition) is 2. The van der Waals surface area contributed by atoms with Crippen LogP contribution in [0.1, 0.15) is 31.2 Å². The lowest BCUT2D eigenvalue weighted by Gasteiger charge is -2.57. The van der Waals surface area contributed by atoms with Crippen molar-refractivity contribution in [3.05, 3.63) is 29.8 Å². The molecule has 0 unspecified atom stereocenters. The Morgan fingerprint density at radius 3 is 2.22 bits per heavy atom. The molecule has 18 heavy (non-hydrogen) atoms. The molecule has 0 amide bonds. The first-order chi connectivity index (χ1) is 8.56. The van der Waals surface area contributed by atoms with Crippen molar-refractivity contribution in [3.8, 4) is 0 Å². The number of nitrogens with zero attached hydrogens (tertiary/aromatic N) is 1. The zero-order chi connectivity index (χ0) is 12.8. The minimum absolute atomic E-state index is 0.505. The molecule has 0 atom stereocenters. The average molecular weight is 244 g/mol. The normalized spacial score (nSPS) is 33.9. The van der Waals surface area contributed by atoms with Crippen LogP contribution in [-0.4, -0.2) is 20.1 Å². The van der Waals surface area contributed by atoms with Gasteiger partial charge in [-0.05, 0) is 61.1 Å². The van der Waals surface area contributed by atoms with Crippen LogP contribution in [-0.2, 0) is 6.42 Å². The van der Waals surface area contributed by atoms with Gasteiger partial charge < -0.3 is 10.6 Å². The van der Waals surface area contributed by atoms with Crippen molar-refractivity contribution in [1.82, 2.24) is 0 Å². The molecule has 1 aromatic rings. The summed E-state index contributed by atoms with van der Waals surface area (Å²) < 4.78 is 0. The van der Waals surface area contributed by atoms with E-state index in [0.717, 1.165) is 5.92 Å². The standard InChI is InChI=1S/C16H24N2/c1-18(2)15-5-3-12(4-6-15)7-13-8-16(9-13)10-14(17)11-16/h3-6,13-14H,7-11,17H2,1-2H3. The fourth-order valence-corrected chi connectivity index (χ4v) is 3.96. The molecule has 2 heteroatoms. The lowest BCUT2D eigenvalue weighted by Crippen LogP contribution is -2.53. The Hall–Kier alpha value is -1.02. The van der Waals surface area contributed by atoms with E-state index >= 15 is 0 Å². The quantitative estimate of drug-likeness (QED) is 0.886. The van der Waals surface area contributed by atoms with Gasteiger partial charge in [-0.1, -0.05) is 12.1 Å². The summed E-state index contributed by atoms with van der Waals surface area (Å²) in [5.74, 6) is 0.905. The van der Waals surface area contributed by atoms with Gasteiger partial charge in [-0.25, -0.2) is 0 Å². The molecule has 98 valence electrons. The van der Waals surface area contributed by atoms with Crippen molar-refractivity contribution in [2.75, 3.05) is 19.0 Å². The molecule has 0 aliphatic heterocycles. The molecular formula is C16H24N2. The number of hydrogen-bond donors (Lipinski definition) is 1. The average Bonchev–Trinajstić information content (AvgIpc) is 2.25. The Bertz CT molecular complexity index is 407. The second kappa shape index (κ2) is 4.27. The third-order valence-corrected chi connectivity index (χ3v) is 4.81. The molecule has 0 heterocycles. The molecule has 0 radical (unpaired) electrons. The summed E-state index contributed by atoms with van der Waals surface area (Å²) >= 11 is 0. The van der Waals surface area contributed by atoms with Crippen LogP contribution >= 0.6 is 0 Å². The molecule has 2 N–H and O–H groups in total. The van der Waals surface area contributed by atoms with Gasteiger partial charge in [0.1, 0.15) is 0 Å². The summed E-state index contributed by atoms with van der Waals surface area (Å²) in [5.41, 5.74) is 9.35. The Kier molecular flexibility index (Phi) is 2.86. The van der Waals surface area contributed by atoms with Gasteiger partial charge in [-0.15, -0.1) is 0 Å². The lowest BCUT2D eigenvalue weighted by atomic mass is 9.49. The predicted molar refractivity (Wildman–Crippen MR) is 76.8 cm³/mol. The molecule has 0 saturated heterocycles. The Morgan fingerprint density at radius 2 is 1.72 bits per heavy atom. The number of anilines is 1. The molecule has 2 saturated carbocycles. The van der Waals surface area contributed by atoms with Crippen molar-refractivity contribution in [1.29, 1.82) is 0 Å². The number of rotatable bonds is 3. The zero-order valence-corrected chi connectivity index (χ0v) is 11.5. The summed E-state index contributed by atoms with van der Waals surface area (Å²) in [6.45, 7) is 0. The highest BCUT2D eigenvalue weighted by Crippen LogP contribution is 2.58. The summed E-state index contributed by atoms with van der Waals surface area (Å²) in [5, 5.41) is 0. The minimum atomic E-state index is 0.505. The van der Waals surface area contributed by atoms with Crippen LogP contribution < -0.4 is 10.6 Å². The fraction of sp³-hybridized carbons (Fsp3) is 0.625. The Labute approximate surface area is 110 Å². The third-order valence-electron chi connectivity index (χ3n) is 4.81. The monoisotopic (exact) mass is 244 g/mol. The van der Waals surface area contributed by atoms with Gasteiger partial charge in [-0.2, -0.15) is 0 Å². The summed E-state index contributed by atoms with van der Waals surface area (Å²) in [6.07, 6.45) is 6.64. The van der Waals surface area contributed by atoms with E-state index in [-0.39, 0.29) is 0 Å². The van der Waals surface area contributed by atoms with Crippen LogP contribution in [0.15, 0.2) is 24.3 Å². The van der Waals surface area contributed by atoms with Gasteiger partial charge in [0.25, 0.3) is 0 Å². The Morgan fingerprint density at radius 1 is 1.11 bits per heavy atom. The Balaban J connectivity index is 1.52. The van der Waals surface area contributed by atoms with E-state index < -0.39 is 0 Å². The molecule has 0 bridgehead atoms. The number of nitrogens with two attached hydrogens (primary N) is 1. The van der Waals surface area contributed by atoms with Gasteiger partial charge in [-0.3, -0.25) is 0 Å². The van der Waals surface area contributed by atoms with Crippen LogP contribution in [0, 0.1) is 11.3 Å². The molecule has 1 spiro atoms. The molecule has 0 aromatic heterocycles. The van der Waals surface area contributed by atoms with Crippen molar-refractivity contribution in [2.45, 2.75) is 38.1 Å². The van der Waals surface area contributed by atoms with Crippen LogP contribution in [0.3, 0.4) is 0 Å². The van der Waals surface area contributed by atoms with Crippen molar-refractivity contribution in [3.63, 3.8) is 0 Å². The summed E-state index contributed by atoms with van der Waals surface area (Å²) in [7, 11) is 4.18. The predicted octanol–water partition coefficient (Wildman–Crippen LogP) is 2.81. The molecule has 3 rings (SSSR count). The van der Waals surface area contributed by atoms with Crippen LogP contribution in [0.25, 0.3) is 0 Å². The van der Waals surface area contributed by atoms with Gasteiger partial charge in [0.2, 0.25) is 0 Å². The van der Waals surface area contributed by atoms with Crippen molar-refractivity contribution in [2.24, 2.45) is 17.1 Å². The highest BCUT2D eigenvalue weighted by Gasteiger charge is 2.51. The smallest absolute Gasteiger partial charge is 0.0361 e. The second-order valence-corrected chi connectivity index (χ2v) is 6.71. The maximum absolute atomic E-state index is 5.90. The van der Waals surface area contributed by atoms with Crippen molar-refractivity contribution < 1.29 is 0 Å². The van der Waals surface area contributed by atoms with Gasteiger partial charge in [0.15, 0.2) is 0 Å². The zero-order valence-electron chi connectivity index (χ0n) is 11.5.